The van der Waals surface area contributed by atoms with E-state index in [-0.39, 0.29) is 28.8 Å². The number of aromatic nitrogens is 1. The number of carbonyl (C=O) groups excluding carboxylic acids is 4. The number of β-lactam (4-membered cyclic amide) rings is 1. The van der Waals surface area contributed by atoms with Crippen LogP contribution in [0.1, 0.15) is 37.6 Å². The molecular weight excluding hydrogens is 703 g/mol. The zero-order chi connectivity index (χ0) is 35.6. The van der Waals surface area contributed by atoms with Gasteiger partial charge in [-0.3, -0.25) is 19.8 Å². The number of amides is 3. The van der Waals surface area contributed by atoms with Crippen LogP contribution in [0.5, 0.6) is 5.75 Å². The number of rotatable bonds is 10. The molecule has 2 N–H and O–H groups in total. The van der Waals surface area contributed by atoms with Gasteiger partial charge in [0.15, 0.2) is 10.8 Å². The molecule has 16 heteroatoms. The van der Waals surface area contributed by atoms with Crippen molar-refractivity contribution in [1.29, 1.82) is 0 Å². The standard InChI is InChI=1S/C34H33N5O8S3/c1-34(2,3)47-33(43)37-32-35-23(17-50-32)25(38-45-5)28(40)36-26-29(41)39-27(31(42)46-14-18-10-12-19(44-4)13-11-18)22(16-49-30(26)39)21-15-48-24-9-7-6-8-20(21)24/h6-13,15,17,26,30H,14,16H2,1-5H3,(H,36,40)(H,35,37,43)/t26-,30+/m1/s1. The average Bonchev–Trinajstić information content (AvgIpc) is 3.74. The second kappa shape index (κ2) is 14.5. The molecule has 0 saturated carbocycles. The summed E-state index contributed by atoms with van der Waals surface area (Å²) in [6.45, 7) is 5.18. The van der Waals surface area contributed by atoms with Crippen molar-refractivity contribution < 1.29 is 38.2 Å². The van der Waals surface area contributed by atoms with E-state index in [0.717, 1.165) is 32.5 Å². The molecular formula is C34H33N5O8S3. The van der Waals surface area contributed by atoms with Crippen molar-refractivity contribution in [3.8, 4) is 5.75 Å². The highest BCUT2D eigenvalue weighted by Crippen LogP contribution is 2.46. The lowest BCUT2D eigenvalue weighted by Gasteiger charge is -2.49. The number of esters is 1. The third-order valence-corrected chi connectivity index (χ3v) is 10.5. The molecule has 0 bridgehead atoms. The highest BCUT2D eigenvalue weighted by molar-refractivity contribution is 8.00. The molecule has 6 rings (SSSR count). The van der Waals surface area contributed by atoms with Gasteiger partial charge in [-0.05, 0) is 55.5 Å². The zero-order valence-corrected chi connectivity index (χ0v) is 30.1. The van der Waals surface area contributed by atoms with Crippen LogP contribution in [0.3, 0.4) is 0 Å². The zero-order valence-electron chi connectivity index (χ0n) is 27.7. The fourth-order valence-electron chi connectivity index (χ4n) is 5.30. The Hall–Kier alpha value is -4.93. The maximum absolute atomic E-state index is 13.9. The molecule has 2 aromatic carbocycles. The smallest absolute Gasteiger partial charge is 0.413 e. The first kappa shape index (κ1) is 34.9. The highest BCUT2D eigenvalue weighted by Gasteiger charge is 2.55. The molecule has 1 saturated heterocycles. The number of hydrogen-bond donors (Lipinski definition) is 2. The van der Waals surface area contributed by atoms with Crippen molar-refractivity contribution in [2.75, 3.05) is 25.3 Å². The molecule has 4 heterocycles. The normalized spacial score (nSPS) is 17.5. The Balaban J connectivity index is 1.22. The third-order valence-electron chi connectivity index (χ3n) is 7.54. The van der Waals surface area contributed by atoms with Gasteiger partial charge in [-0.25, -0.2) is 14.6 Å². The molecule has 3 amide bonds. The van der Waals surface area contributed by atoms with Crippen LogP contribution in [-0.2, 0) is 35.3 Å². The number of ether oxygens (including phenoxy) is 3. The van der Waals surface area contributed by atoms with Crippen LogP contribution in [0.25, 0.3) is 15.7 Å². The van der Waals surface area contributed by atoms with Crippen LogP contribution >= 0.6 is 34.4 Å². The number of thiazole rings is 1. The summed E-state index contributed by atoms with van der Waals surface area (Å²) >= 11 is 4.04. The molecule has 1 fully saturated rings. The number of carbonyl (C=O) groups is 4. The van der Waals surface area contributed by atoms with Crippen LogP contribution < -0.4 is 15.4 Å². The predicted octanol–water partition coefficient (Wildman–Crippen LogP) is 5.62. The van der Waals surface area contributed by atoms with Gasteiger partial charge in [-0.1, -0.05) is 35.5 Å². The molecule has 13 nitrogen and oxygen atoms in total. The fraction of sp³-hybridized carbons (Fsp3) is 0.294. The summed E-state index contributed by atoms with van der Waals surface area (Å²) in [5, 5.41) is 13.2. The largest absolute Gasteiger partial charge is 0.497 e. The molecule has 50 heavy (non-hydrogen) atoms. The molecule has 2 aliphatic rings. The maximum Gasteiger partial charge on any atom is 0.413 e. The minimum absolute atomic E-state index is 0.0146. The Labute approximate surface area is 299 Å². The summed E-state index contributed by atoms with van der Waals surface area (Å²) in [6.07, 6.45) is -0.705. The van der Waals surface area contributed by atoms with Gasteiger partial charge in [0, 0.05) is 26.8 Å². The quantitative estimate of drug-likeness (QED) is 0.0907. The molecule has 0 unspecified atom stereocenters. The first-order valence-electron chi connectivity index (χ1n) is 15.3. The van der Waals surface area contributed by atoms with Crippen LogP contribution in [0.2, 0.25) is 0 Å². The van der Waals surface area contributed by atoms with Crippen molar-refractivity contribution in [3.05, 3.63) is 81.8 Å². The van der Waals surface area contributed by atoms with Crippen molar-refractivity contribution >= 4 is 84.8 Å². The van der Waals surface area contributed by atoms with Gasteiger partial charge < -0.3 is 24.4 Å². The molecule has 4 aromatic rings. The van der Waals surface area contributed by atoms with Gasteiger partial charge in [-0.2, -0.15) is 0 Å². The second-order valence-corrected chi connectivity index (χ2v) is 14.9. The molecule has 2 aliphatic heterocycles. The van der Waals surface area contributed by atoms with Crippen LogP contribution in [0, 0.1) is 0 Å². The minimum atomic E-state index is -0.974. The summed E-state index contributed by atoms with van der Waals surface area (Å²) in [4.78, 5) is 64.0. The number of nitrogens with one attached hydrogen (secondary N) is 2. The van der Waals surface area contributed by atoms with Gasteiger partial charge in [0.05, 0.1) is 7.11 Å². The number of methoxy groups -OCH3 is 1. The Morgan fingerprint density at radius 2 is 1.80 bits per heavy atom. The second-order valence-electron chi connectivity index (χ2n) is 12.0. The molecule has 0 spiro atoms. The maximum atomic E-state index is 13.9. The van der Waals surface area contributed by atoms with Gasteiger partial charge in [0.25, 0.3) is 11.8 Å². The van der Waals surface area contributed by atoms with Crippen molar-refractivity contribution in [2.24, 2.45) is 5.16 Å². The number of fused-ring (bicyclic) bond motifs is 2. The number of thiophene rings is 1. The molecule has 0 aliphatic carbocycles. The lowest BCUT2D eigenvalue weighted by molar-refractivity contribution is -0.152. The minimum Gasteiger partial charge on any atom is -0.497 e. The lowest BCUT2D eigenvalue weighted by atomic mass is 9.98. The van der Waals surface area contributed by atoms with Gasteiger partial charge in [0.1, 0.15) is 47.9 Å². The van der Waals surface area contributed by atoms with E-state index in [1.54, 1.807) is 63.5 Å². The summed E-state index contributed by atoms with van der Waals surface area (Å²) in [5.74, 6) is -0.789. The van der Waals surface area contributed by atoms with Crippen LogP contribution in [-0.4, -0.2) is 76.5 Å². The SMILES string of the molecule is CON=C(C(=O)N[C@@H]1C(=O)N2C(C(=O)OCc3ccc(OC)cc3)=C(c3csc4ccccc34)CS[C@@H]12)c1csc(NC(=O)OC(C)(C)C)n1. The summed E-state index contributed by atoms with van der Waals surface area (Å²) < 4.78 is 17.3. The first-order chi connectivity index (χ1) is 24.0. The highest BCUT2D eigenvalue weighted by atomic mass is 32.2. The first-order valence-corrected chi connectivity index (χ1v) is 18.1. The van der Waals surface area contributed by atoms with Crippen molar-refractivity contribution in [1.82, 2.24) is 15.2 Å². The number of nitrogens with zero attached hydrogens (tertiary/aromatic N) is 3. The van der Waals surface area contributed by atoms with E-state index in [2.05, 4.69) is 20.8 Å². The topological polar surface area (TPSA) is 158 Å². The van der Waals surface area contributed by atoms with Gasteiger partial charge >= 0.3 is 12.1 Å². The summed E-state index contributed by atoms with van der Waals surface area (Å²) in [5.41, 5.74) is 1.62. The monoisotopic (exact) mass is 735 g/mol. The molecule has 0 radical (unpaired) electrons. The number of benzene rings is 2. The van der Waals surface area contributed by atoms with Crippen LogP contribution in [0.15, 0.2) is 70.1 Å². The summed E-state index contributed by atoms with van der Waals surface area (Å²) in [7, 11) is 2.85. The average molecular weight is 736 g/mol. The Bertz CT molecular complexity index is 2010. The van der Waals surface area contributed by atoms with E-state index in [1.165, 1.54) is 29.2 Å². The van der Waals surface area contributed by atoms with Crippen molar-refractivity contribution in [2.45, 2.75) is 44.4 Å². The van der Waals surface area contributed by atoms with E-state index < -0.39 is 40.9 Å². The van der Waals surface area contributed by atoms with Gasteiger partial charge in [0.2, 0.25) is 0 Å². The molecule has 2 atom stereocenters. The Morgan fingerprint density at radius 3 is 2.52 bits per heavy atom. The van der Waals surface area contributed by atoms with Gasteiger partial charge in [-0.15, -0.1) is 34.4 Å². The van der Waals surface area contributed by atoms with E-state index >= 15 is 0 Å². The third kappa shape index (κ3) is 7.32. The van der Waals surface area contributed by atoms with Crippen LogP contribution in [0.4, 0.5) is 9.93 Å². The number of oxime groups is 1. The Kier molecular flexibility index (Phi) is 10.1. The van der Waals surface area contributed by atoms with E-state index in [0.29, 0.717) is 17.1 Å². The van der Waals surface area contributed by atoms with E-state index in [4.69, 9.17) is 19.0 Å². The summed E-state index contributed by atoms with van der Waals surface area (Å²) in [6, 6.07) is 14.0. The molecule has 260 valence electrons. The van der Waals surface area contributed by atoms with E-state index in [9.17, 15) is 19.2 Å². The lowest BCUT2D eigenvalue weighted by Crippen LogP contribution is -2.71. The number of anilines is 1. The van der Waals surface area contributed by atoms with E-state index in [1.807, 2.05) is 29.6 Å². The fourth-order valence-corrected chi connectivity index (χ4v) is 8.32. The number of hydrogen-bond acceptors (Lipinski definition) is 13. The van der Waals surface area contributed by atoms with Crippen molar-refractivity contribution in [3.63, 3.8) is 0 Å². The number of thioether (sulfide) groups is 1. The Morgan fingerprint density at radius 1 is 1.04 bits per heavy atom. The predicted molar refractivity (Wildman–Crippen MR) is 192 cm³/mol. The molecule has 2 aromatic heterocycles.